The molecule has 1 amide bonds. The molecule has 0 aliphatic carbocycles. The highest BCUT2D eigenvalue weighted by Gasteiger charge is 2.21. The van der Waals surface area contributed by atoms with Crippen molar-refractivity contribution in [3.63, 3.8) is 0 Å². The van der Waals surface area contributed by atoms with Crippen molar-refractivity contribution in [1.82, 2.24) is 15.3 Å². The van der Waals surface area contributed by atoms with Crippen molar-refractivity contribution in [3.05, 3.63) is 17.5 Å². The molecule has 0 saturated carbocycles. The van der Waals surface area contributed by atoms with E-state index < -0.39 is 0 Å². The number of carbonyl (C=O) groups is 1. The fraction of sp³-hybridized carbons (Fsp3) is 0.706. The molecule has 3 heterocycles. The first-order valence-corrected chi connectivity index (χ1v) is 8.62. The molecule has 1 aromatic heterocycles. The van der Waals surface area contributed by atoms with E-state index >= 15 is 0 Å². The second kappa shape index (κ2) is 7.25. The Morgan fingerprint density at radius 2 is 2.17 bits per heavy atom. The number of aromatic nitrogens is 2. The number of nitrogens with zero attached hydrogens (tertiary/aromatic N) is 3. The molecule has 0 radical (unpaired) electrons. The number of amides is 1. The van der Waals surface area contributed by atoms with Crippen LogP contribution in [0.5, 0.6) is 0 Å². The molecule has 1 unspecified atom stereocenters. The van der Waals surface area contributed by atoms with Gasteiger partial charge in [0.2, 0.25) is 5.95 Å². The molecule has 1 atom stereocenters. The highest BCUT2D eigenvalue weighted by Crippen LogP contribution is 2.20. The molecule has 1 aromatic rings. The summed E-state index contributed by atoms with van der Waals surface area (Å²) in [5.74, 6) is 1.40. The number of carbonyl (C=O) groups excluding carboxylic acids is 1. The summed E-state index contributed by atoms with van der Waals surface area (Å²) in [6.07, 6.45) is 6.24. The van der Waals surface area contributed by atoms with E-state index in [-0.39, 0.29) is 12.0 Å². The maximum absolute atomic E-state index is 12.3. The number of hydrogen-bond acceptors (Lipinski definition) is 5. The number of hydrogen-bond donors (Lipinski definition) is 1. The average Bonchev–Trinajstić information content (AvgIpc) is 3.06. The Bertz CT molecular complexity index is 550. The van der Waals surface area contributed by atoms with Gasteiger partial charge in [-0.15, -0.1) is 0 Å². The standard InChI is InChI=1S/C17H26N4O2/c1-12-5-7-21(8-6-12)17-19-11-15(13(2)20-17)16(22)18-10-14-4-3-9-23-14/h11-12,14H,3-10H2,1-2H3,(H,18,22). The third-order valence-corrected chi connectivity index (χ3v) is 4.79. The maximum atomic E-state index is 12.3. The number of rotatable bonds is 4. The van der Waals surface area contributed by atoms with Crippen LogP contribution in [0.25, 0.3) is 0 Å². The minimum absolute atomic E-state index is 0.114. The molecule has 2 aliphatic rings. The van der Waals surface area contributed by atoms with Crippen LogP contribution in [0.4, 0.5) is 5.95 Å². The monoisotopic (exact) mass is 318 g/mol. The van der Waals surface area contributed by atoms with E-state index in [0.717, 1.165) is 50.1 Å². The van der Waals surface area contributed by atoms with Gasteiger partial charge < -0.3 is 15.0 Å². The van der Waals surface area contributed by atoms with E-state index in [1.807, 2.05) is 6.92 Å². The molecular formula is C17H26N4O2. The van der Waals surface area contributed by atoms with Crippen molar-refractivity contribution in [2.75, 3.05) is 31.1 Å². The van der Waals surface area contributed by atoms with Crippen molar-refractivity contribution in [2.45, 2.75) is 45.6 Å². The van der Waals surface area contributed by atoms with Gasteiger partial charge in [-0.25, -0.2) is 9.97 Å². The molecule has 0 spiro atoms. The Balaban J connectivity index is 1.60. The molecule has 126 valence electrons. The average molecular weight is 318 g/mol. The molecule has 1 N–H and O–H groups in total. The van der Waals surface area contributed by atoms with Crippen LogP contribution in [-0.2, 0) is 4.74 Å². The van der Waals surface area contributed by atoms with Crippen molar-refractivity contribution in [1.29, 1.82) is 0 Å². The summed E-state index contributed by atoms with van der Waals surface area (Å²) in [5.41, 5.74) is 1.29. The zero-order chi connectivity index (χ0) is 16.2. The molecule has 6 heteroatoms. The van der Waals surface area contributed by atoms with Gasteiger partial charge in [0.25, 0.3) is 5.91 Å². The van der Waals surface area contributed by atoms with E-state index in [0.29, 0.717) is 12.1 Å². The van der Waals surface area contributed by atoms with Gasteiger partial charge in [-0.3, -0.25) is 4.79 Å². The van der Waals surface area contributed by atoms with E-state index in [9.17, 15) is 4.79 Å². The number of nitrogens with one attached hydrogen (secondary N) is 1. The molecular weight excluding hydrogens is 292 g/mol. The minimum Gasteiger partial charge on any atom is -0.376 e. The SMILES string of the molecule is Cc1nc(N2CCC(C)CC2)ncc1C(=O)NCC1CCCO1. The van der Waals surface area contributed by atoms with E-state index in [1.165, 1.54) is 12.8 Å². The lowest BCUT2D eigenvalue weighted by Crippen LogP contribution is -2.35. The summed E-state index contributed by atoms with van der Waals surface area (Å²) in [6, 6.07) is 0. The van der Waals surface area contributed by atoms with Crippen LogP contribution in [-0.4, -0.2) is 48.2 Å². The van der Waals surface area contributed by atoms with Gasteiger partial charge in [-0.1, -0.05) is 6.92 Å². The van der Waals surface area contributed by atoms with Gasteiger partial charge >= 0.3 is 0 Å². The lowest BCUT2D eigenvalue weighted by Gasteiger charge is -2.30. The molecule has 2 fully saturated rings. The Morgan fingerprint density at radius 1 is 1.39 bits per heavy atom. The number of anilines is 1. The highest BCUT2D eigenvalue weighted by atomic mass is 16.5. The predicted octanol–water partition coefficient (Wildman–Crippen LogP) is 1.93. The highest BCUT2D eigenvalue weighted by molar-refractivity contribution is 5.95. The van der Waals surface area contributed by atoms with Crippen LogP contribution in [0.1, 0.15) is 48.7 Å². The lowest BCUT2D eigenvalue weighted by atomic mass is 10.00. The molecule has 3 rings (SSSR count). The van der Waals surface area contributed by atoms with Crippen molar-refractivity contribution < 1.29 is 9.53 Å². The van der Waals surface area contributed by atoms with Crippen molar-refractivity contribution in [2.24, 2.45) is 5.92 Å². The normalized spacial score (nSPS) is 22.3. The van der Waals surface area contributed by atoms with Crippen LogP contribution >= 0.6 is 0 Å². The third kappa shape index (κ3) is 3.99. The summed E-state index contributed by atoms with van der Waals surface area (Å²) in [7, 11) is 0. The van der Waals surface area contributed by atoms with Gasteiger partial charge in [-0.05, 0) is 38.5 Å². The number of piperidine rings is 1. The minimum atomic E-state index is -0.114. The molecule has 2 saturated heterocycles. The van der Waals surface area contributed by atoms with Gasteiger partial charge in [0.15, 0.2) is 0 Å². The molecule has 2 aliphatic heterocycles. The van der Waals surface area contributed by atoms with Crippen molar-refractivity contribution in [3.8, 4) is 0 Å². The summed E-state index contributed by atoms with van der Waals surface area (Å²) in [5, 5.41) is 2.93. The van der Waals surface area contributed by atoms with Gasteiger partial charge in [0.05, 0.1) is 17.4 Å². The second-order valence-corrected chi connectivity index (χ2v) is 6.68. The summed E-state index contributed by atoms with van der Waals surface area (Å²) in [6.45, 7) is 7.50. The first-order chi connectivity index (χ1) is 11.1. The predicted molar refractivity (Wildman–Crippen MR) is 88.7 cm³/mol. The van der Waals surface area contributed by atoms with Gasteiger partial charge in [0, 0.05) is 32.4 Å². The second-order valence-electron chi connectivity index (χ2n) is 6.68. The number of ether oxygens (including phenoxy) is 1. The van der Waals surface area contributed by atoms with Gasteiger partial charge in [-0.2, -0.15) is 0 Å². The summed E-state index contributed by atoms with van der Waals surface area (Å²) >= 11 is 0. The molecule has 6 nitrogen and oxygen atoms in total. The fourth-order valence-corrected chi connectivity index (χ4v) is 3.15. The Hall–Kier alpha value is -1.69. The molecule has 0 aromatic carbocycles. The summed E-state index contributed by atoms with van der Waals surface area (Å²) in [4.78, 5) is 23.5. The Kier molecular flexibility index (Phi) is 5.10. The van der Waals surface area contributed by atoms with Crippen LogP contribution < -0.4 is 10.2 Å². The third-order valence-electron chi connectivity index (χ3n) is 4.79. The fourth-order valence-electron chi connectivity index (χ4n) is 3.15. The zero-order valence-electron chi connectivity index (χ0n) is 14.0. The van der Waals surface area contributed by atoms with Gasteiger partial charge in [0.1, 0.15) is 0 Å². The molecule has 0 bridgehead atoms. The lowest BCUT2D eigenvalue weighted by molar-refractivity contribution is 0.0856. The van der Waals surface area contributed by atoms with E-state index in [4.69, 9.17) is 4.74 Å². The Labute approximate surface area is 137 Å². The van der Waals surface area contributed by atoms with E-state index in [2.05, 4.69) is 27.1 Å². The van der Waals surface area contributed by atoms with Crippen LogP contribution in [0.2, 0.25) is 0 Å². The van der Waals surface area contributed by atoms with Crippen LogP contribution in [0.15, 0.2) is 6.20 Å². The smallest absolute Gasteiger partial charge is 0.254 e. The Morgan fingerprint density at radius 3 is 2.83 bits per heavy atom. The summed E-state index contributed by atoms with van der Waals surface area (Å²) < 4.78 is 5.52. The first kappa shape index (κ1) is 16.2. The largest absolute Gasteiger partial charge is 0.376 e. The van der Waals surface area contributed by atoms with Crippen molar-refractivity contribution >= 4 is 11.9 Å². The maximum Gasteiger partial charge on any atom is 0.254 e. The van der Waals surface area contributed by atoms with Crippen LogP contribution in [0.3, 0.4) is 0 Å². The van der Waals surface area contributed by atoms with Crippen LogP contribution in [0, 0.1) is 12.8 Å². The topological polar surface area (TPSA) is 67.4 Å². The van der Waals surface area contributed by atoms with E-state index in [1.54, 1.807) is 6.20 Å². The zero-order valence-corrected chi connectivity index (χ0v) is 14.0. The quantitative estimate of drug-likeness (QED) is 0.919. The molecule has 23 heavy (non-hydrogen) atoms. The first-order valence-electron chi connectivity index (χ1n) is 8.62. The number of aryl methyl sites for hydroxylation is 1.